The molecule has 2 aromatic carbocycles. The van der Waals surface area contributed by atoms with E-state index in [1.807, 2.05) is 0 Å². The van der Waals surface area contributed by atoms with Crippen LogP contribution >= 0.6 is 0 Å². The highest BCUT2D eigenvalue weighted by molar-refractivity contribution is 5.95. The van der Waals surface area contributed by atoms with Crippen LogP contribution in [0.25, 0.3) is 0 Å². The van der Waals surface area contributed by atoms with Crippen LogP contribution in [0.2, 0.25) is 0 Å². The lowest BCUT2D eigenvalue weighted by Crippen LogP contribution is -2.72. The van der Waals surface area contributed by atoms with Gasteiger partial charge in [0.2, 0.25) is 0 Å². The van der Waals surface area contributed by atoms with Gasteiger partial charge in [0.1, 0.15) is 5.82 Å². The Hall–Kier alpha value is -2.75. The standard InChI is InChI=1S/C27H31FN4O/c28-24-9-5-4-8-22(24)26(33)31-18-27(19-31,12-13-29)32-14-10-20(11-15-32)17-30-25-16-23(25)21-6-2-1-3-7-21/h1-9,20,23,25,30H,10-12,14-19H2/t23-,25+/m0/s1. The van der Waals surface area contributed by atoms with Crippen molar-refractivity contribution in [2.24, 2.45) is 5.92 Å². The van der Waals surface area contributed by atoms with Gasteiger partial charge in [-0.25, -0.2) is 4.39 Å². The number of benzene rings is 2. The molecule has 0 spiro atoms. The first-order valence-corrected chi connectivity index (χ1v) is 12.0. The second kappa shape index (κ2) is 9.24. The maximum Gasteiger partial charge on any atom is 0.256 e. The molecule has 1 amide bonds. The van der Waals surface area contributed by atoms with Crippen LogP contribution in [0.3, 0.4) is 0 Å². The zero-order valence-corrected chi connectivity index (χ0v) is 18.9. The zero-order chi connectivity index (χ0) is 22.8. The van der Waals surface area contributed by atoms with Crippen molar-refractivity contribution in [1.82, 2.24) is 15.1 Å². The molecule has 0 unspecified atom stereocenters. The van der Waals surface area contributed by atoms with Crippen molar-refractivity contribution in [3.8, 4) is 6.07 Å². The molecule has 0 bridgehead atoms. The van der Waals surface area contributed by atoms with Gasteiger partial charge in [0.05, 0.1) is 23.6 Å². The summed E-state index contributed by atoms with van der Waals surface area (Å²) in [6.45, 7) is 3.94. The number of hydrogen-bond donors (Lipinski definition) is 1. The molecular weight excluding hydrogens is 415 g/mol. The van der Waals surface area contributed by atoms with Gasteiger partial charge in [-0.15, -0.1) is 0 Å². The Morgan fingerprint density at radius 3 is 2.48 bits per heavy atom. The van der Waals surface area contributed by atoms with E-state index < -0.39 is 5.82 Å². The molecule has 0 aromatic heterocycles. The van der Waals surface area contributed by atoms with Gasteiger partial charge in [-0.05, 0) is 62.5 Å². The van der Waals surface area contributed by atoms with Crippen molar-refractivity contribution in [2.45, 2.75) is 43.2 Å². The molecule has 1 aliphatic carbocycles. The highest BCUT2D eigenvalue weighted by Crippen LogP contribution is 2.41. The first-order valence-electron chi connectivity index (χ1n) is 12.0. The third-order valence-electron chi connectivity index (χ3n) is 7.74. The Kier molecular flexibility index (Phi) is 6.18. The lowest BCUT2D eigenvalue weighted by Gasteiger charge is -2.56. The van der Waals surface area contributed by atoms with Gasteiger partial charge in [-0.1, -0.05) is 42.5 Å². The van der Waals surface area contributed by atoms with E-state index in [-0.39, 0.29) is 17.0 Å². The minimum absolute atomic E-state index is 0.113. The number of halogens is 1. The fraction of sp³-hybridized carbons (Fsp3) is 0.481. The monoisotopic (exact) mass is 446 g/mol. The highest BCUT2D eigenvalue weighted by atomic mass is 19.1. The molecule has 1 saturated carbocycles. The van der Waals surface area contributed by atoms with Gasteiger partial charge in [0.15, 0.2) is 0 Å². The second-order valence-corrected chi connectivity index (χ2v) is 9.90. The first kappa shape index (κ1) is 22.1. The van der Waals surface area contributed by atoms with E-state index in [0.29, 0.717) is 37.4 Å². The molecule has 2 heterocycles. The quantitative estimate of drug-likeness (QED) is 0.703. The smallest absolute Gasteiger partial charge is 0.256 e. The Labute approximate surface area is 195 Å². The molecule has 5 rings (SSSR count). The third-order valence-corrected chi connectivity index (χ3v) is 7.74. The second-order valence-electron chi connectivity index (χ2n) is 9.90. The van der Waals surface area contributed by atoms with Crippen molar-refractivity contribution >= 4 is 5.91 Å². The van der Waals surface area contributed by atoms with Crippen LogP contribution in [0.5, 0.6) is 0 Å². The maximum atomic E-state index is 14.0. The van der Waals surface area contributed by atoms with Gasteiger partial charge in [-0.3, -0.25) is 9.69 Å². The number of nitrogens with one attached hydrogen (secondary N) is 1. The molecule has 6 heteroatoms. The van der Waals surface area contributed by atoms with E-state index in [2.05, 4.69) is 46.6 Å². The van der Waals surface area contributed by atoms with Crippen molar-refractivity contribution < 1.29 is 9.18 Å². The molecular formula is C27H31FN4O. The van der Waals surface area contributed by atoms with Crippen LogP contribution in [0, 0.1) is 23.1 Å². The Balaban J connectivity index is 1.10. The fourth-order valence-electron chi connectivity index (χ4n) is 5.60. The molecule has 2 aliphatic heterocycles. The van der Waals surface area contributed by atoms with Crippen LogP contribution in [0.1, 0.15) is 47.5 Å². The predicted octanol–water partition coefficient (Wildman–Crippen LogP) is 3.79. The summed E-state index contributed by atoms with van der Waals surface area (Å²) in [6, 6.07) is 19.8. The molecule has 172 valence electrons. The minimum Gasteiger partial charge on any atom is -0.335 e. The SMILES string of the molecule is N#CCC1(N2CCC(CN[C@@H]3C[C@H]3c3ccccc3)CC2)CN(C(=O)c2ccccc2F)C1. The zero-order valence-electron chi connectivity index (χ0n) is 18.9. The largest absolute Gasteiger partial charge is 0.335 e. The average molecular weight is 447 g/mol. The first-order chi connectivity index (χ1) is 16.1. The van der Waals surface area contributed by atoms with Crippen molar-refractivity contribution in [1.29, 1.82) is 5.26 Å². The van der Waals surface area contributed by atoms with Gasteiger partial charge in [0.25, 0.3) is 5.91 Å². The van der Waals surface area contributed by atoms with E-state index in [9.17, 15) is 14.4 Å². The van der Waals surface area contributed by atoms with Gasteiger partial charge >= 0.3 is 0 Å². The Bertz CT molecular complexity index is 1020. The fourth-order valence-corrected chi connectivity index (χ4v) is 5.60. The van der Waals surface area contributed by atoms with Crippen molar-refractivity contribution in [2.75, 3.05) is 32.7 Å². The molecule has 1 N–H and O–H groups in total. The number of carbonyl (C=O) groups excluding carboxylic acids is 1. The maximum absolute atomic E-state index is 14.0. The van der Waals surface area contributed by atoms with Crippen LogP contribution in [0.4, 0.5) is 4.39 Å². The van der Waals surface area contributed by atoms with Gasteiger partial charge < -0.3 is 10.2 Å². The summed E-state index contributed by atoms with van der Waals surface area (Å²) >= 11 is 0. The van der Waals surface area contributed by atoms with E-state index >= 15 is 0 Å². The van der Waals surface area contributed by atoms with E-state index in [4.69, 9.17) is 0 Å². The van der Waals surface area contributed by atoms with Crippen LogP contribution < -0.4 is 5.32 Å². The van der Waals surface area contributed by atoms with Crippen LogP contribution in [-0.4, -0.2) is 60.0 Å². The lowest BCUT2D eigenvalue weighted by atomic mass is 9.81. The third kappa shape index (κ3) is 4.53. The van der Waals surface area contributed by atoms with Crippen LogP contribution in [0.15, 0.2) is 54.6 Å². The molecule has 2 atom stereocenters. The van der Waals surface area contributed by atoms with E-state index in [1.54, 1.807) is 17.0 Å². The van der Waals surface area contributed by atoms with Crippen molar-refractivity contribution in [3.63, 3.8) is 0 Å². The van der Waals surface area contributed by atoms with E-state index in [1.165, 1.54) is 24.1 Å². The number of carbonyl (C=O) groups is 1. The Morgan fingerprint density at radius 2 is 1.79 bits per heavy atom. The van der Waals surface area contributed by atoms with Gasteiger partial charge in [-0.2, -0.15) is 5.26 Å². The molecule has 3 fully saturated rings. The highest BCUT2D eigenvalue weighted by Gasteiger charge is 2.50. The summed E-state index contributed by atoms with van der Waals surface area (Å²) in [5.74, 6) is 0.531. The summed E-state index contributed by atoms with van der Waals surface area (Å²) in [7, 11) is 0. The molecule has 5 nitrogen and oxygen atoms in total. The van der Waals surface area contributed by atoms with Crippen LogP contribution in [-0.2, 0) is 0 Å². The molecule has 2 aromatic rings. The van der Waals surface area contributed by atoms with Gasteiger partial charge in [0, 0.05) is 25.0 Å². The molecule has 3 aliphatic rings. The number of piperidine rings is 1. The summed E-state index contributed by atoms with van der Waals surface area (Å²) in [5.41, 5.74) is 1.26. The summed E-state index contributed by atoms with van der Waals surface area (Å²) in [4.78, 5) is 16.8. The number of likely N-dealkylation sites (tertiary alicyclic amines) is 2. The normalized spacial score (nSPS) is 24.7. The van der Waals surface area contributed by atoms with E-state index in [0.717, 1.165) is 32.5 Å². The topological polar surface area (TPSA) is 59.4 Å². The number of hydrogen-bond acceptors (Lipinski definition) is 4. The summed E-state index contributed by atoms with van der Waals surface area (Å²) in [5, 5.41) is 13.2. The molecule has 0 radical (unpaired) electrons. The Morgan fingerprint density at radius 1 is 1.09 bits per heavy atom. The number of nitrogens with zero attached hydrogens (tertiary/aromatic N) is 3. The summed E-state index contributed by atoms with van der Waals surface area (Å²) in [6.07, 6.45) is 3.83. The van der Waals surface area contributed by atoms with Crippen molar-refractivity contribution in [3.05, 3.63) is 71.5 Å². The minimum atomic E-state index is -0.487. The lowest BCUT2D eigenvalue weighted by molar-refractivity contribution is -0.0524. The number of rotatable bonds is 7. The molecule has 33 heavy (non-hydrogen) atoms. The summed E-state index contributed by atoms with van der Waals surface area (Å²) < 4.78 is 14.0. The molecule has 2 saturated heterocycles. The predicted molar refractivity (Wildman–Crippen MR) is 125 cm³/mol. The number of nitriles is 1. The average Bonchev–Trinajstić information content (AvgIpc) is 3.60. The number of amides is 1.